The van der Waals surface area contributed by atoms with Crippen molar-refractivity contribution < 1.29 is 46.1 Å². The van der Waals surface area contributed by atoms with Gasteiger partial charge in [0.25, 0.3) is 10.4 Å². The first kappa shape index (κ1) is 22.2. The molecule has 0 spiro atoms. The second-order valence-corrected chi connectivity index (χ2v) is 7.58. The van der Waals surface area contributed by atoms with Crippen LogP contribution in [0.2, 0.25) is 0 Å². The molecule has 0 fully saturated rings. The summed E-state index contributed by atoms with van der Waals surface area (Å²) in [6.07, 6.45) is 0.181. The first-order valence-corrected chi connectivity index (χ1v) is 10.3. The molecule has 1 aliphatic rings. The zero-order chi connectivity index (χ0) is 23.1. The lowest BCUT2D eigenvalue weighted by Crippen LogP contribution is -2.26. The molecular weight excluding hydrogens is 432 g/mol. The lowest BCUT2D eigenvalue weighted by atomic mass is 9.79. The fourth-order valence-corrected chi connectivity index (χ4v) is 3.80. The Bertz CT molecular complexity index is 1230. The van der Waals surface area contributed by atoms with Crippen molar-refractivity contribution in [1.29, 1.82) is 0 Å². The molecule has 2 aromatic carbocycles. The summed E-state index contributed by atoms with van der Waals surface area (Å²) in [4.78, 5) is 39.4. The Balaban J connectivity index is 2.42. The molecule has 2 aromatic rings. The van der Waals surface area contributed by atoms with Gasteiger partial charge in [-0.2, -0.15) is 0 Å². The van der Waals surface area contributed by atoms with Crippen LogP contribution in [0.4, 0.5) is 0 Å². The summed E-state index contributed by atoms with van der Waals surface area (Å²) < 4.78 is 48.1. The van der Waals surface area contributed by atoms with E-state index in [-0.39, 0.29) is 29.0 Å². The molecule has 0 heterocycles. The average Bonchev–Trinajstić information content (AvgIpc) is 2.69. The fourth-order valence-electron chi connectivity index (χ4n) is 3.45. The number of benzene rings is 2. The van der Waals surface area contributed by atoms with Crippen molar-refractivity contribution in [1.82, 2.24) is 0 Å². The molecule has 0 unspecified atom stereocenters. The number of carbonyl (C=O) groups excluding carboxylic acids is 3. The Kier molecular flexibility index (Phi) is 5.74. The predicted molar refractivity (Wildman–Crippen MR) is 104 cm³/mol. The predicted octanol–water partition coefficient (Wildman–Crippen LogP) is 2.01. The minimum absolute atomic E-state index is 0.00153. The number of Topliss-reactive ketones (excluding diaryl/α,β-unsaturated/α-hetero) is 1. The van der Waals surface area contributed by atoms with Crippen molar-refractivity contribution in [2.75, 3.05) is 14.2 Å². The monoisotopic (exact) mass is 449 g/mol. The lowest BCUT2D eigenvalue weighted by Gasteiger charge is -2.24. The topological polar surface area (TPSA) is 156 Å². The van der Waals surface area contributed by atoms with Gasteiger partial charge in [-0.15, -0.1) is 0 Å². The van der Waals surface area contributed by atoms with Gasteiger partial charge in [-0.05, 0) is 12.5 Å². The highest BCUT2D eigenvalue weighted by atomic mass is 32.3. The van der Waals surface area contributed by atoms with Gasteiger partial charge >= 0.3 is 0 Å². The number of phenols is 1. The first-order chi connectivity index (χ1) is 14.5. The normalized spacial score (nSPS) is 12.8. The third kappa shape index (κ3) is 3.84. The molecule has 0 aromatic heterocycles. The molecule has 0 amide bonds. The van der Waals surface area contributed by atoms with Gasteiger partial charge in [0.05, 0.1) is 36.5 Å². The van der Waals surface area contributed by atoms with Crippen LogP contribution < -0.4 is 13.7 Å². The lowest BCUT2D eigenvalue weighted by molar-refractivity contribution is 0.0952. The Morgan fingerprint density at radius 1 is 1.00 bits per heavy atom. The van der Waals surface area contributed by atoms with Crippen molar-refractivity contribution in [2.24, 2.45) is 0 Å². The highest BCUT2D eigenvalue weighted by Crippen LogP contribution is 2.43. The smallest absolute Gasteiger partial charge is 0.262 e. The quantitative estimate of drug-likeness (QED) is 0.321. The molecule has 0 aliphatic heterocycles. The van der Waals surface area contributed by atoms with Crippen LogP contribution in [0.3, 0.4) is 0 Å². The standard InChI is InChI=1S/C20H18O10S/c1-4-5-11(21)16-14(30-31(25,26)27)8-12(22)17-18(16)19(23)10-6-9(28-2)7-13(29-3)15(10)20(17)24/h6-8,22H,4-5H2,1-3H3,(H,25,26,27)/p-1. The zero-order valence-corrected chi connectivity index (χ0v) is 17.5. The van der Waals surface area contributed by atoms with Gasteiger partial charge in [0.1, 0.15) is 17.2 Å². The summed E-state index contributed by atoms with van der Waals surface area (Å²) in [5, 5.41) is 10.4. The van der Waals surface area contributed by atoms with Crippen LogP contribution in [0.5, 0.6) is 23.0 Å². The van der Waals surface area contributed by atoms with E-state index in [0.717, 1.165) is 0 Å². The van der Waals surface area contributed by atoms with Crippen LogP contribution in [0, 0.1) is 0 Å². The van der Waals surface area contributed by atoms with Crippen LogP contribution in [0.15, 0.2) is 18.2 Å². The van der Waals surface area contributed by atoms with Gasteiger partial charge in [0.15, 0.2) is 17.3 Å². The maximum absolute atomic E-state index is 13.4. The zero-order valence-electron chi connectivity index (χ0n) is 16.7. The molecule has 11 heteroatoms. The molecule has 0 bridgehead atoms. The van der Waals surface area contributed by atoms with Gasteiger partial charge in [0.2, 0.25) is 5.78 Å². The average molecular weight is 449 g/mol. The van der Waals surface area contributed by atoms with Gasteiger partial charge in [-0.1, -0.05) is 6.92 Å². The molecule has 31 heavy (non-hydrogen) atoms. The largest absolute Gasteiger partial charge is 0.716 e. The second kappa shape index (κ2) is 8.00. The van der Waals surface area contributed by atoms with E-state index in [1.54, 1.807) is 6.92 Å². The van der Waals surface area contributed by atoms with E-state index in [0.29, 0.717) is 12.5 Å². The third-order valence-corrected chi connectivity index (χ3v) is 5.06. The molecule has 0 saturated carbocycles. The van der Waals surface area contributed by atoms with E-state index in [4.69, 9.17) is 9.47 Å². The maximum atomic E-state index is 13.4. The second-order valence-electron chi connectivity index (χ2n) is 6.59. The van der Waals surface area contributed by atoms with Crippen molar-refractivity contribution >= 4 is 27.7 Å². The highest BCUT2D eigenvalue weighted by Gasteiger charge is 2.40. The first-order valence-electron chi connectivity index (χ1n) is 8.97. The summed E-state index contributed by atoms with van der Waals surface area (Å²) in [5.74, 6) is -3.92. The number of methoxy groups -OCH3 is 2. The number of hydrogen-bond donors (Lipinski definition) is 1. The molecule has 164 valence electrons. The maximum Gasteiger partial charge on any atom is 0.262 e. The van der Waals surface area contributed by atoms with E-state index in [1.807, 2.05) is 0 Å². The molecule has 1 N–H and O–H groups in total. The van der Waals surface area contributed by atoms with E-state index in [2.05, 4.69) is 4.18 Å². The molecule has 0 saturated heterocycles. The number of aromatic hydroxyl groups is 1. The van der Waals surface area contributed by atoms with E-state index in [1.165, 1.54) is 26.4 Å². The van der Waals surface area contributed by atoms with Crippen molar-refractivity contribution in [3.05, 3.63) is 46.0 Å². The summed E-state index contributed by atoms with van der Waals surface area (Å²) in [6.45, 7) is 1.66. The van der Waals surface area contributed by atoms with Gasteiger partial charge in [-0.25, -0.2) is 8.42 Å². The number of hydrogen-bond acceptors (Lipinski definition) is 10. The summed E-state index contributed by atoms with van der Waals surface area (Å²) in [6, 6.07) is 3.28. The molecule has 10 nitrogen and oxygen atoms in total. The molecule has 0 atom stereocenters. The van der Waals surface area contributed by atoms with E-state index < -0.39 is 55.9 Å². The van der Waals surface area contributed by atoms with Crippen molar-refractivity contribution in [2.45, 2.75) is 19.8 Å². The van der Waals surface area contributed by atoms with Crippen LogP contribution in [0.25, 0.3) is 0 Å². The van der Waals surface area contributed by atoms with E-state index in [9.17, 15) is 32.5 Å². The fraction of sp³-hybridized carbons (Fsp3) is 0.250. The Labute approximate surface area is 177 Å². The number of ketones is 3. The Morgan fingerprint density at radius 3 is 2.23 bits per heavy atom. The molecule has 3 rings (SSSR count). The summed E-state index contributed by atoms with van der Waals surface area (Å²) in [7, 11) is -2.75. The summed E-state index contributed by atoms with van der Waals surface area (Å²) in [5.41, 5.74) is -1.98. The van der Waals surface area contributed by atoms with Gasteiger partial charge < -0.3 is 23.3 Å². The highest BCUT2D eigenvalue weighted by molar-refractivity contribution is 7.81. The number of fused-ring (bicyclic) bond motifs is 2. The van der Waals surface area contributed by atoms with Crippen LogP contribution in [0.1, 0.15) is 62.0 Å². The molecule has 1 aliphatic carbocycles. The number of phenolic OH excluding ortho intramolecular Hbond substituents is 1. The summed E-state index contributed by atoms with van der Waals surface area (Å²) >= 11 is 0. The van der Waals surface area contributed by atoms with Crippen molar-refractivity contribution in [3.63, 3.8) is 0 Å². The molecule has 0 radical (unpaired) electrons. The third-order valence-electron chi connectivity index (χ3n) is 4.68. The number of ether oxygens (including phenoxy) is 2. The van der Waals surface area contributed by atoms with Crippen LogP contribution in [-0.4, -0.2) is 49.6 Å². The number of rotatable bonds is 7. The van der Waals surface area contributed by atoms with Crippen molar-refractivity contribution in [3.8, 4) is 23.0 Å². The van der Waals surface area contributed by atoms with Gasteiger partial charge in [-0.3, -0.25) is 14.4 Å². The van der Waals surface area contributed by atoms with Gasteiger partial charge in [0, 0.05) is 24.1 Å². The van der Waals surface area contributed by atoms with Crippen LogP contribution in [-0.2, 0) is 10.4 Å². The Hall–Kier alpha value is -3.44. The van der Waals surface area contributed by atoms with Crippen LogP contribution >= 0.6 is 0 Å². The molecular formula is C20H17O10S-. The van der Waals surface area contributed by atoms with E-state index >= 15 is 0 Å². The SMILES string of the molecule is CCCC(=O)c1c(OS(=O)(=O)[O-])cc(O)c2c1C(=O)c1cc(OC)cc(OC)c1C2=O. The minimum atomic E-state index is -5.35. The minimum Gasteiger partial charge on any atom is -0.716 e. The number of carbonyl (C=O) groups is 3. The Morgan fingerprint density at radius 2 is 1.68 bits per heavy atom.